The molecule has 1 amide bonds. The number of nitrogens with zero attached hydrogens (tertiary/aromatic N) is 1. The standard InChI is InChI=1S/C21H26N2O2/c1-15-12-19(15)20-10-9-18(25-20)14-22-13-16-5-7-17(8-6-16)23-11-3-2-4-21(23)24/h5-10,15,19,22H,2-4,11-14H2,1H3. The number of carbonyl (C=O) groups is 1. The topological polar surface area (TPSA) is 45.5 Å². The van der Waals surface area contributed by atoms with Gasteiger partial charge in [-0.05, 0) is 55.0 Å². The smallest absolute Gasteiger partial charge is 0.226 e. The fourth-order valence-electron chi connectivity index (χ4n) is 3.61. The Balaban J connectivity index is 1.28. The Bertz CT molecular complexity index is 735. The monoisotopic (exact) mass is 338 g/mol. The van der Waals surface area contributed by atoms with Crippen molar-refractivity contribution < 1.29 is 9.21 Å². The summed E-state index contributed by atoms with van der Waals surface area (Å²) in [5.74, 6) is 3.80. The predicted octanol–water partition coefficient (Wildman–Crippen LogP) is 4.21. The largest absolute Gasteiger partial charge is 0.464 e. The molecule has 1 aliphatic carbocycles. The lowest BCUT2D eigenvalue weighted by molar-refractivity contribution is -0.119. The molecular weight excluding hydrogens is 312 g/mol. The van der Waals surface area contributed by atoms with Crippen LogP contribution in [0.1, 0.15) is 55.6 Å². The molecule has 2 aliphatic rings. The Labute approximate surface area is 149 Å². The molecule has 132 valence electrons. The molecule has 0 spiro atoms. The number of piperidine rings is 1. The highest BCUT2D eigenvalue weighted by atomic mass is 16.3. The average molecular weight is 338 g/mol. The Morgan fingerprint density at radius 2 is 1.92 bits per heavy atom. The van der Waals surface area contributed by atoms with Gasteiger partial charge in [-0.2, -0.15) is 0 Å². The molecule has 0 bridgehead atoms. The molecule has 2 atom stereocenters. The Morgan fingerprint density at radius 1 is 1.12 bits per heavy atom. The van der Waals surface area contributed by atoms with Crippen molar-refractivity contribution in [2.75, 3.05) is 11.4 Å². The molecule has 1 saturated heterocycles. The number of hydrogen-bond donors (Lipinski definition) is 1. The van der Waals surface area contributed by atoms with Crippen molar-refractivity contribution in [1.29, 1.82) is 0 Å². The third-order valence-electron chi connectivity index (χ3n) is 5.36. The van der Waals surface area contributed by atoms with Gasteiger partial charge in [-0.1, -0.05) is 19.1 Å². The summed E-state index contributed by atoms with van der Waals surface area (Å²) in [7, 11) is 0. The van der Waals surface area contributed by atoms with Crippen LogP contribution in [0.4, 0.5) is 5.69 Å². The molecule has 1 aromatic carbocycles. The van der Waals surface area contributed by atoms with Gasteiger partial charge >= 0.3 is 0 Å². The van der Waals surface area contributed by atoms with Crippen LogP contribution in [-0.4, -0.2) is 12.5 Å². The van der Waals surface area contributed by atoms with Crippen LogP contribution in [0.15, 0.2) is 40.8 Å². The van der Waals surface area contributed by atoms with Crippen LogP contribution < -0.4 is 10.2 Å². The summed E-state index contributed by atoms with van der Waals surface area (Å²) < 4.78 is 5.92. The summed E-state index contributed by atoms with van der Waals surface area (Å²) in [4.78, 5) is 13.9. The fourth-order valence-corrected chi connectivity index (χ4v) is 3.61. The van der Waals surface area contributed by atoms with E-state index in [4.69, 9.17) is 4.42 Å². The van der Waals surface area contributed by atoms with E-state index in [0.29, 0.717) is 12.3 Å². The van der Waals surface area contributed by atoms with E-state index in [0.717, 1.165) is 55.6 Å². The van der Waals surface area contributed by atoms with Crippen LogP contribution in [0.5, 0.6) is 0 Å². The maximum Gasteiger partial charge on any atom is 0.226 e. The first kappa shape index (κ1) is 16.4. The van der Waals surface area contributed by atoms with Crippen molar-refractivity contribution >= 4 is 11.6 Å². The van der Waals surface area contributed by atoms with Gasteiger partial charge in [0.1, 0.15) is 11.5 Å². The molecule has 4 rings (SSSR count). The first-order chi connectivity index (χ1) is 12.2. The lowest BCUT2D eigenvalue weighted by atomic mass is 10.1. The van der Waals surface area contributed by atoms with E-state index in [1.807, 2.05) is 4.90 Å². The number of anilines is 1. The summed E-state index contributed by atoms with van der Waals surface area (Å²) in [6.07, 6.45) is 4.05. The number of carbonyl (C=O) groups excluding carboxylic acids is 1. The molecule has 2 unspecified atom stereocenters. The minimum absolute atomic E-state index is 0.246. The van der Waals surface area contributed by atoms with Crippen LogP contribution in [-0.2, 0) is 17.9 Å². The number of nitrogens with one attached hydrogen (secondary N) is 1. The third kappa shape index (κ3) is 3.79. The molecule has 1 aliphatic heterocycles. The second-order valence-corrected chi connectivity index (χ2v) is 7.40. The van der Waals surface area contributed by atoms with E-state index in [9.17, 15) is 4.79 Å². The Morgan fingerprint density at radius 3 is 2.64 bits per heavy atom. The van der Waals surface area contributed by atoms with Gasteiger partial charge in [0, 0.05) is 31.1 Å². The zero-order valence-electron chi connectivity index (χ0n) is 14.8. The lowest BCUT2D eigenvalue weighted by Crippen LogP contribution is -2.35. The number of amides is 1. The molecule has 4 nitrogen and oxygen atoms in total. The molecule has 0 radical (unpaired) electrons. The van der Waals surface area contributed by atoms with Crippen molar-refractivity contribution in [2.24, 2.45) is 5.92 Å². The van der Waals surface area contributed by atoms with Crippen molar-refractivity contribution in [2.45, 2.75) is 51.6 Å². The van der Waals surface area contributed by atoms with Gasteiger partial charge in [0.15, 0.2) is 0 Å². The maximum atomic E-state index is 12.0. The van der Waals surface area contributed by atoms with Gasteiger partial charge in [-0.25, -0.2) is 0 Å². The first-order valence-corrected chi connectivity index (χ1v) is 9.39. The third-order valence-corrected chi connectivity index (χ3v) is 5.36. The van der Waals surface area contributed by atoms with Crippen molar-refractivity contribution in [3.05, 3.63) is 53.5 Å². The van der Waals surface area contributed by atoms with Gasteiger partial charge in [0.05, 0.1) is 6.54 Å². The number of rotatable bonds is 6. The van der Waals surface area contributed by atoms with Crippen molar-refractivity contribution in [3.8, 4) is 0 Å². The molecule has 2 heterocycles. The molecule has 1 N–H and O–H groups in total. The molecule has 1 aromatic heterocycles. The van der Waals surface area contributed by atoms with E-state index < -0.39 is 0 Å². The molecule has 1 saturated carbocycles. The van der Waals surface area contributed by atoms with E-state index >= 15 is 0 Å². The van der Waals surface area contributed by atoms with E-state index in [2.05, 4.69) is 48.6 Å². The van der Waals surface area contributed by atoms with Crippen molar-refractivity contribution in [3.63, 3.8) is 0 Å². The Hall–Kier alpha value is -2.07. The van der Waals surface area contributed by atoms with E-state index in [1.54, 1.807) is 0 Å². The van der Waals surface area contributed by atoms with Gasteiger partial charge in [0.2, 0.25) is 5.91 Å². The minimum atomic E-state index is 0.246. The van der Waals surface area contributed by atoms with Crippen LogP contribution >= 0.6 is 0 Å². The molecule has 2 fully saturated rings. The summed E-state index contributed by atoms with van der Waals surface area (Å²) >= 11 is 0. The normalized spacial score (nSPS) is 23.1. The van der Waals surface area contributed by atoms with E-state index in [1.165, 1.54) is 12.0 Å². The maximum absolute atomic E-state index is 12.0. The minimum Gasteiger partial charge on any atom is -0.464 e. The second-order valence-electron chi connectivity index (χ2n) is 7.40. The summed E-state index contributed by atoms with van der Waals surface area (Å²) in [6.45, 7) is 4.65. The molecule has 4 heteroatoms. The summed E-state index contributed by atoms with van der Waals surface area (Å²) in [6, 6.07) is 12.5. The number of furan rings is 1. The number of benzene rings is 1. The van der Waals surface area contributed by atoms with Gasteiger partial charge in [-0.3, -0.25) is 4.79 Å². The number of hydrogen-bond acceptors (Lipinski definition) is 3. The highest BCUT2D eigenvalue weighted by Crippen LogP contribution is 2.47. The van der Waals surface area contributed by atoms with Gasteiger partial charge < -0.3 is 14.6 Å². The van der Waals surface area contributed by atoms with Crippen LogP contribution in [0.3, 0.4) is 0 Å². The lowest BCUT2D eigenvalue weighted by Gasteiger charge is -2.26. The zero-order chi connectivity index (χ0) is 17.2. The second kappa shape index (κ2) is 7.04. The fraction of sp³-hybridized carbons (Fsp3) is 0.476. The van der Waals surface area contributed by atoms with Crippen LogP contribution in [0.25, 0.3) is 0 Å². The van der Waals surface area contributed by atoms with Crippen LogP contribution in [0, 0.1) is 5.92 Å². The zero-order valence-corrected chi connectivity index (χ0v) is 14.8. The molecule has 2 aromatic rings. The summed E-state index contributed by atoms with van der Waals surface area (Å²) in [5, 5.41) is 3.44. The van der Waals surface area contributed by atoms with E-state index in [-0.39, 0.29) is 5.91 Å². The predicted molar refractivity (Wildman–Crippen MR) is 98.4 cm³/mol. The quantitative estimate of drug-likeness (QED) is 0.858. The molecular formula is C21H26N2O2. The average Bonchev–Trinajstić information content (AvgIpc) is 3.17. The Kier molecular flexibility index (Phi) is 4.62. The van der Waals surface area contributed by atoms with Gasteiger partial charge in [0.25, 0.3) is 0 Å². The SMILES string of the molecule is CC1CC1c1ccc(CNCc2ccc(N3CCCCC3=O)cc2)o1. The first-order valence-electron chi connectivity index (χ1n) is 9.39. The highest BCUT2D eigenvalue weighted by molar-refractivity contribution is 5.93. The van der Waals surface area contributed by atoms with Crippen molar-refractivity contribution in [1.82, 2.24) is 5.32 Å². The summed E-state index contributed by atoms with van der Waals surface area (Å²) in [5.41, 5.74) is 2.23. The van der Waals surface area contributed by atoms with Crippen LogP contribution in [0.2, 0.25) is 0 Å². The molecule has 25 heavy (non-hydrogen) atoms. The highest BCUT2D eigenvalue weighted by Gasteiger charge is 2.36. The van der Waals surface area contributed by atoms with Gasteiger partial charge in [-0.15, -0.1) is 0 Å².